The van der Waals surface area contributed by atoms with Gasteiger partial charge in [-0.1, -0.05) is 11.6 Å². The summed E-state index contributed by atoms with van der Waals surface area (Å²) < 4.78 is 0. The smallest absolute Gasteiger partial charge is 0.176 e. The Bertz CT molecular complexity index is 459. The second-order valence-corrected chi connectivity index (χ2v) is 5.81. The van der Waals surface area contributed by atoms with Crippen molar-refractivity contribution in [2.24, 2.45) is 0 Å². The second-order valence-electron chi connectivity index (χ2n) is 5.01. The minimum absolute atomic E-state index is 0.452. The van der Waals surface area contributed by atoms with E-state index in [0.29, 0.717) is 6.04 Å². The zero-order valence-electron chi connectivity index (χ0n) is 11.1. The first-order valence-electron chi connectivity index (χ1n) is 6.35. The molecule has 1 aromatic rings. The van der Waals surface area contributed by atoms with Gasteiger partial charge in [-0.15, -0.1) is 0 Å². The Balaban J connectivity index is 2.29. The number of hydrogen-bond acceptors (Lipinski definition) is 1. The average Bonchev–Trinajstić information content (AvgIpc) is 2.30. The maximum absolute atomic E-state index is 6.01. The maximum atomic E-state index is 6.01. The fourth-order valence-corrected chi connectivity index (χ4v) is 3.09. The maximum Gasteiger partial charge on any atom is 0.176 e. The summed E-state index contributed by atoms with van der Waals surface area (Å²) >= 11 is 11.6. The van der Waals surface area contributed by atoms with Gasteiger partial charge in [-0.05, 0) is 63.2 Å². The van der Waals surface area contributed by atoms with E-state index in [2.05, 4.69) is 36.6 Å². The van der Waals surface area contributed by atoms with E-state index in [1.165, 1.54) is 11.3 Å². The highest BCUT2D eigenvalue weighted by Crippen LogP contribution is 2.27. The zero-order chi connectivity index (χ0) is 13.3. The molecule has 0 unspecified atom stereocenters. The van der Waals surface area contributed by atoms with Crippen molar-refractivity contribution < 1.29 is 0 Å². The molecule has 1 saturated heterocycles. The monoisotopic (exact) mass is 282 g/mol. The molecule has 0 amide bonds. The van der Waals surface area contributed by atoms with E-state index in [1.54, 1.807) is 0 Å². The lowest BCUT2D eigenvalue weighted by molar-refractivity contribution is 0.329. The Labute approximate surface area is 120 Å². The SMILES string of the molecule is Cc1cc(Cl)ccc1N1CCCN(C(C)C)C1=S. The summed E-state index contributed by atoms with van der Waals surface area (Å²) in [6.07, 6.45) is 1.14. The predicted molar refractivity (Wildman–Crippen MR) is 82.6 cm³/mol. The molecule has 0 radical (unpaired) electrons. The van der Waals surface area contributed by atoms with Crippen LogP contribution < -0.4 is 4.90 Å². The van der Waals surface area contributed by atoms with Crippen molar-refractivity contribution in [3.8, 4) is 0 Å². The zero-order valence-corrected chi connectivity index (χ0v) is 12.7. The normalized spacial score (nSPS) is 16.6. The van der Waals surface area contributed by atoms with Gasteiger partial charge in [0.15, 0.2) is 5.11 Å². The van der Waals surface area contributed by atoms with Crippen LogP contribution in [0.15, 0.2) is 18.2 Å². The largest absolute Gasteiger partial charge is 0.346 e. The number of aryl methyl sites for hydroxylation is 1. The molecule has 0 bridgehead atoms. The lowest BCUT2D eigenvalue weighted by Gasteiger charge is -2.41. The van der Waals surface area contributed by atoms with Crippen LogP contribution in [0.3, 0.4) is 0 Å². The van der Waals surface area contributed by atoms with E-state index in [0.717, 1.165) is 29.6 Å². The van der Waals surface area contributed by atoms with Gasteiger partial charge in [0.1, 0.15) is 0 Å². The summed E-state index contributed by atoms with van der Waals surface area (Å²) in [5.74, 6) is 0. The van der Waals surface area contributed by atoms with Crippen LogP contribution in [-0.4, -0.2) is 29.1 Å². The van der Waals surface area contributed by atoms with Gasteiger partial charge in [-0.3, -0.25) is 0 Å². The number of thiocarbonyl (C=S) groups is 1. The van der Waals surface area contributed by atoms with Crippen LogP contribution in [0.4, 0.5) is 5.69 Å². The molecule has 0 atom stereocenters. The molecular formula is C14H19ClN2S. The van der Waals surface area contributed by atoms with E-state index in [4.69, 9.17) is 23.8 Å². The summed E-state index contributed by atoms with van der Waals surface area (Å²) in [5.41, 5.74) is 2.35. The van der Waals surface area contributed by atoms with Gasteiger partial charge >= 0.3 is 0 Å². The van der Waals surface area contributed by atoms with Gasteiger partial charge in [0, 0.05) is 29.8 Å². The Morgan fingerprint density at radius 2 is 2.00 bits per heavy atom. The molecule has 0 aromatic heterocycles. The molecule has 0 spiro atoms. The van der Waals surface area contributed by atoms with E-state index >= 15 is 0 Å². The van der Waals surface area contributed by atoms with Crippen molar-refractivity contribution in [1.82, 2.24) is 4.90 Å². The minimum atomic E-state index is 0.452. The predicted octanol–water partition coefficient (Wildman–Crippen LogP) is 3.85. The molecule has 2 rings (SSSR count). The first kappa shape index (κ1) is 13.6. The van der Waals surface area contributed by atoms with Crippen LogP contribution in [0.5, 0.6) is 0 Å². The molecule has 1 aliphatic rings. The van der Waals surface area contributed by atoms with E-state index in [-0.39, 0.29) is 0 Å². The van der Waals surface area contributed by atoms with Gasteiger partial charge in [0.25, 0.3) is 0 Å². The number of halogens is 1. The molecule has 2 nitrogen and oxygen atoms in total. The first-order chi connectivity index (χ1) is 8.50. The Kier molecular flexibility index (Phi) is 4.13. The fourth-order valence-electron chi connectivity index (χ4n) is 2.37. The standard InChI is InChI=1S/C14H19ClN2S/c1-10(2)16-7-4-8-17(14(16)18)13-6-5-12(15)9-11(13)3/h5-6,9-10H,4,7-8H2,1-3H3. The van der Waals surface area contributed by atoms with Gasteiger partial charge in [0.2, 0.25) is 0 Å². The van der Waals surface area contributed by atoms with Crippen molar-refractivity contribution in [1.29, 1.82) is 0 Å². The molecule has 1 heterocycles. The molecule has 18 heavy (non-hydrogen) atoms. The summed E-state index contributed by atoms with van der Waals surface area (Å²) in [7, 11) is 0. The summed E-state index contributed by atoms with van der Waals surface area (Å²) in [6, 6.07) is 6.44. The molecule has 0 aliphatic carbocycles. The Hall–Kier alpha value is -0.800. The molecule has 98 valence electrons. The van der Waals surface area contributed by atoms with Crippen LogP contribution in [0.2, 0.25) is 5.02 Å². The van der Waals surface area contributed by atoms with E-state index in [1.807, 2.05) is 12.1 Å². The molecule has 0 N–H and O–H groups in total. The topological polar surface area (TPSA) is 6.48 Å². The fraction of sp³-hybridized carbons (Fsp3) is 0.500. The molecule has 1 aromatic carbocycles. The van der Waals surface area contributed by atoms with Crippen LogP contribution >= 0.6 is 23.8 Å². The highest BCUT2D eigenvalue weighted by Gasteiger charge is 2.25. The third-order valence-electron chi connectivity index (χ3n) is 3.33. The molecule has 1 fully saturated rings. The van der Waals surface area contributed by atoms with Crippen molar-refractivity contribution in [2.45, 2.75) is 33.2 Å². The third kappa shape index (κ3) is 2.62. The average molecular weight is 283 g/mol. The number of rotatable bonds is 2. The van der Waals surface area contributed by atoms with Gasteiger partial charge in [-0.25, -0.2) is 0 Å². The number of benzene rings is 1. The molecule has 0 saturated carbocycles. The number of nitrogens with zero attached hydrogens (tertiary/aromatic N) is 2. The van der Waals surface area contributed by atoms with Gasteiger partial charge in [0.05, 0.1) is 0 Å². The highest BCUT2D eigenvalue weighted by molar-refractivity contribution is 7.80. The van der Waals surface area contributed by atoms with Crippen LogP contribution in [-0.2, 0) is 0 Å². The lowest BCUT2D eigenvalue weighted by atomic mass is 10.1. The van der Waals surface area contributed by atoms with Crippen molar-refractivity contribution in [3.63, 3.8) is 0 Å². The molecule has 4 heteroatoms. The lowest BCUT2D eigenvalue weighted by Crippen LogP contribution is -2.52. The first-order valence-corrected chi connectivity index (χ1v) is 7.13. The van der Waals surface area contributed by atoms with Crippen molar-refractivity contribution in [3.05, 3.63) is 28.8 Å². The molecular weight excluding hydrogens is 264 g/mol. The summed E-state index contributed by atoms with van der Waals surface area (Å²) in [5, 5.41) is 1.71. The van der Waals surface area contributed by atoms with Crippen molar-refractivity contribution >= 4 is 34.6 Å². The molecule has 1 aliphatic heterocycles. The van der Waals surface area contributed by atoms with E-state index in [9.17, 15) is 0 Å². The Morgan fingerprint density at radius 1 is 1.28 bits per heavy atom. The van der Waals surface area contributed by atoms with Crippen LogP contribution in [0, 0.1) is 6.92 Å². The minimum Gasteiger partial charge on any atom is -0.346 e. The number of hydrogen-bond donors (Lipinski definition) is 0. The van der Waals surface area contributed by atoms with E-state index < -0.39 is 0 Å². The van der Waals surface area contributed by atoms with Crippen LogP contribution in [0.25, 0.3) is 0 Å². The second kappa shape index (κ2) is 5.45. The van der Waals surface area contributed by atoms with Crippen LogP contribution in [0.1, 0.15) is 25.8 Å². The quantitative estimate of drug-likeness (QED) is 0.761. The summed E-state index contributed by atoms with van der Waals surface area (Å²) in [4.78, 5) is 4.51. The van der Waals surface area contributed by atoms with Crippen molar-refractivity contribution in [2.75, 3.05) is 18.0 Å². The Morgan fingerprint density at radius 3 is 2.61 bits per heavy atom. The summed E-state index contributed by atoms with van der Waals surface area (Å²) in [6.45, 7) is 8.50. The number of anilines is 1. The highest BCUT2D eigenvalue weighted by atomic mass is 35.5. The van der Waals surface area contributed by atoms with Gasteiger partial charge < -0.3 is 9.80 Å². The third-order valence-corrected chi connectivity index (χ3v) is 4.02. The van der Waals surface area contributed by atoms with Gasteiger partial charge in [-0.2, -0.15) is 0 Å².